The number of carbonyl (C=O) groups excluding carboxylic acids is 1. The van der Waals surface area contributed by atoms with Gasteiger partial charge in [-0.3, -0.25) is 9.78 Å². The smallest absolute Gasteiger partial charge is 0.233 e. The molecule has 1 saturated carbocycles. The summed E-state index contributed by atoms with van der Waals surface area (Å²) in [5.74, 6) is 1.45. The number of rotatable bonds is 10. The Balaban J connectivity index is 0.00000380. The van der Waals surface area contributed by atoms with E-state index in [0.29, 0.717) is 12.5 Å². The third-order valence-electron chi connectivity index (χ3n) is 7.52. The second-order valence-corrected chi connectivity index (χ2v) is 10.6. The summed E-state index contributed by atoms with van der Waals surface area (Å²) in [6.07, 6.45) is 3.73. The lowest BCUT2D eigenvalue weighted by Gasteiger charge is -2.31. The molecule has 1 amide bonds. The van der Waals surface area contributed by atoms with E-state index in [-0.39, 0.29) is 31.4 Å². The van der Waals surface area contributed by atoms with Crippen LogP contribution in [0.2, 0.25) is 0 Å². The predicted octanol–water partition coefficient (Wildman–Crippen LogP) is 7.07. The Kier molecular flexibility index (Phi) is 9.14. The van der Waals surface area contributed by atoms with Crippen LogP contribution in [-0.4, -0.2) is 29.6 Å². The Morgan fingerprint density at radius 2 is 1.68 bits per heavy atom. The van der Waals surface area contributed by atoms with Gasteiger partial charge in [0.25, 0.3) is 0 Å². The average Bonchev–Trinajstić information content (AvgIpc) is 3.59. The molecule has 5 heteroatoms. The molecule has 1 aliphatic carbocycles. The van der Waals surface area contributed by atoms with Gasteiger partial charge in [0.2, 0.25) is 5.91 Å². The molecule has 1 aromatic heterocycles. The minimum Gasteiger partial charge on any atom is -0.491 e. The zero-order valence-electron chi connectivity index (χ0n) is 22.1. The van der Waals surface area contributed by atoms with Gasteiger partial charge in [-0.2, -0.15) is 0 Å². The first-order valence-electron chi connectivity index (χ1n) is 13.1. The predicted molar refractivity (Wildman–Crippen MR) is 154 cm³/mol. The van der Waals surface area contributed by atoms with Crippen molar-refractivity contribution in [1.82, 2.24) is 4.98 Å². The molecule has 0 radical (unpaired) electrons. The summed E-state index contributed by atoms with van der Waals surface area (Å²) in [7, 11) is 0. The number of amides is 1. The summed E-state index contributed by atoms with van der Waals surface area (Å²) >= 11 is 0. The lowest BCUT2D eigenvalue weighted by Crippen LogP contribution is -2.46. The number of anilines is 1. The fraction of sp³-hybridized carbons (Fsp3) is 0.438. The largest absolute Gasteiger partial charge is 0.491 e. The van der Waals surface area contributed by atoms with Gasteiger partial charge in [-0.1, -0.05) is 65.0 Å². The average molecular weight is 502 g/mol. The van der Waals surface area contributed by atoms with Gasteiger partial charge >= 0.3 is 0 Å². The van der Waals surface area contributed by atoms with Crippen molar-refractivity contribution in [2.45, 2.75) is 73.0 Å². The molecular formula is C32H43N3O2. The Hall–Kier alpha value is -3.18. The maximum Gasteiger partial charge on any atom is 0.233 e. The van der Waals surface area contributed by atoms with Crippen molar-refractivity contribution in [2.75, 3.05) is 11.4 Å². The third kappa shape index (κ3) is 6.40. The third-order valence-corrected chi connectivity index (χ3v) is 7.52. The van der Waals surface area contributed by atoms with E-state index in [9.17, 15) is 4.79 Å². The Morgan fingerprint density at radius 1 is 1.05 bits per heavy atom. The zero-order valence-corrected chi connectivity index (χ0v) is 22.1. The Morgan fingerprint density at radius 3 is 2.22 bits per heavy atom. The van der Waals surface area contributed by atoms with Crippen molar-refractivity contribution in [1.29, 1.82) is 0 Å². The van der Waals surface area contributed by atoms with E-state index in [1.54, 1.807) is 6.20 Å². The molecule has 0 bridgehead atoms. The van der Waals surface area contributed by atoms with Crippen LogP contribution in [-0.2, 0) is 4.79 Å². The molecule has 2 N–H and O–H groups in total. The molecule has 4 atom stereocenters. The van der Waals surface area contributed by atoms with Crippen LogP contribution in [0, 0.1) is 11.3 Å². The first kappa shape index (κ1) is 28.4. The number of ether oxygens (including phenoxy) is 1. The summed E-state index contributed by atoms with van der Waals surface area (Å²) in [6.45, 7) is 10.9. The molecular weight excluding hydrogens is 458 g/mol. The lowest BCUT2D eigenvalue weighted by molar-refractivity contribution is -0.123. The van der Waals surface area contributed by atoms with Crippen LogP contribution in [0.5, 0.6) is 5.75 Å². The first-order chi connectivity index (χ1) is 17.2. The molecule has 2 aromatic carbocycles. The SMILES string of the molecule is C.CC[C@H](C)C(N)CN(C(=O)[C@]1(C)CC1c1ccccn1)c1ccc(-c2ccc(OC(C)C)cc2)cc1. The number of aromatic nitrogens is 1. The number of nitrogens with two attached hydrogens (primary N) is 1. The van der Waals surface area contributed by atoms with Crippen molar-refractivity contribution in [3.8, 4) is 16.9 Å². The number of benzene rings is 2. The van der Waals surface area contributed by atoms with Gasteiger partial charge in [0.1, 0.15) is 5.75 Å². The quantitative estimate of drug-likeness (QED) is 0.322. The minimum absolute atomic E-state index is 0. The summed E-state index contributed by atoms with van der Waals surface area (Å²) in [6, 6.07) is 22.2. The molecule has 1 aliphatic rings. The summed E-state index contributed by atoms with van der Waals surface area (Å²) < 4.78 is 5.77. The highest BCUT2D eigenvalue weighted by Gasteiger charge is 2.58. The minimum atomic E-state index is -0.464. The number of carbonyl (C=O) groups is 1. The highest BCUT2D eigenvalue weighted by Crippen LogP contribution is 2.59. The van der Waals surface area contributed by atoms with Crippen LogP contribution in [0.1, 0.15) is 66.5 Å². The number of hydrogen-bond donors (Lipinski definition) is 1. The van der Waals surface area contributed by atoms with Crippen LogP contribution >= 0.6 is 0 Å². The van der Waals surface area contributed by atoms with Crippen LogP contribution in [0.15, 0.2) is 72.9 Å². The first-order valence-corrected chi connectivity index (χ1v) is 13.1. The topological polar surface area (TPSA) is 68.5 Å². The summed E-state index contributed by atoms with van der Waals surface area (Å²) in [5, 5.41) is 0. The van der Waals surface area contributed by atoms with E-state index < -0.39 is 5.41 Å². The van der Waals surface area contributed by atoms with Crippen LogP contribution in [0.4, 0.5) is 5.69 Å². The molecule has 0 saturated heterocycles. The maximum atomic E-state index is 14.0. The van der Waals surface area contributed by atoms with Crippen molar-refractivity contribution < 1.29 is 9.53 Å². The Labute approximate surface area is 223 Å². The molecule has 4 rings (SSSR count). The van der Waals surface area contributed by atoms with E-state index in [4.69, 9.17) is 10.5 Å². The van der Waals surface area contributed by atoms with Gasteiger partial charge in [0.15, 0.2) is 0 Å². The van der Waals surface area contributed by atoms with Crippen LogP contribution in [0.25, 0.3) is 11.1 Å². The standard InChI is InChI=1S/C31H39N3O2.CH4/c1-6-22(4)28(32)20-34(30(35)31(5)19-27(31)29-9-7-8-18-33-29)25-14-10-23(11-15-25)24-12-16-26(17-13-24)36-21(2)3;/h7-18,21-22,27-28H,6,19-20,32H2,1-5H3;1H4/t22-,27?,28?,31+;/m0./s1. The number of hydrogen-bond acceptors (Lipinski definition) is 4. The summed E-state index contributed by atoms with van der Waals surface area (Å²) in [5.41, 5.74) is 10.2. The molecule has 2 unspecified atom stereocenters. The number of pyridine rings is 1. The highest BCUT2D eigenvalue weighted by molar-refractivity contribution is 6.00. The van der Waals surface area contributed by atoms with Gasteiger partial charge < -0.3 is 15.4 Å². The lowest BCUT2D eigenvalue weighted by atomic mass is 9.97. The van der Waals surface area contributed by atoms with Gasteiger partial charge in [-0.05, 0) is 73.7 Å². The van der Waals surface area contributed by atoms with E-state index >= 15 is 0 Å². The maximum absolute atomic E-state index is 14.0. The van der Waals surface area contributed by atoms with Crippen molar-refractivity contribution >= 4 is 11.6 Å². The van der Waals surface area contributed by atoms with E-state index in [0.717, 1.165) is 41.1 Å². The molecule has 198 valence electrons. The van der Waals surface area contributed by atoms with E-state index in [1.807, 2.05) is 61.2 Å². The second-order valence-electron chi connectivity index (χ2n) is 10.6. The van der Waals surface area contributed by atoms with Gasteiger partial charge in [0, 0.05) is 36.1 Å². The molecule has 5 nitrogen and oxygen atoms in total. The van der Waals surface area contributed by atoms with Gasteiger partial charge in [0.05, 0.1) is 11.5 Å². The highest BCUT2D eigenvalue weighted by atomic mass is 16.5. The molecule has 1 fully saturated rings. The molecule has 0 spiro atoms. The number of nitrogens with zero attached hydrogens (tertiary/aromatic N) is 2. The monoisotopic (exact) mass is 501 g/mol. The van der Waals surface area contributed by atoms with Crippen LogP contribution < -0.4 is 15.4 Å². The Bertz CT molecular complexity index is 1140. The van der Waals surface area contributed by atoms with Crippen molar-refractivity contribution in [3.63, 3.8) is 0 Å². The fourth-order valence-corrected chi connectivity index (χ4v) is 4.75. The molecule has 1 heterocycles. The molecule has 3 aromatic rings. The van der Waals surface area contributed by atoms with Crippen molar-refractivity contribution in [3.05, 3.63) is 78.6 Å². The summed E-state index contributed by atoms with van der Waals surface area (Å²) in [4.78, 5) is 20.4. The van der Waals surface area contributed by atoms with E-state index in [2.05, 4.69) is 50.0 Å². The molecule has 37 heavy (non-hydrogen) atoms. The molecule has 0 aliphatic heterocycles. The van der Waals surface area contributed by atoms with Crippen molar-refractivity contribution in [2.24, 2.45) is 17.1 Å². The van der Waals surface area contributed by atoms with Gasteiger partial charge in [-0.15, -0.1) is 0 Å². The van der Waals surface area contributed by atoms with E-state index in [1.165, 1.54) is 0 Å². The van der Waals surface area contributed by atoms with Crippen LogP contribution in [0.3, 0.4) is 0 Å². The fourth-order valence-electron chi connectivity index (χ4n) is 4.75. The second kappa shape index (κ2) is 11.9. The normalized spacial score (nSPS) is 20.0. The zero-order chi connectivity index (χ0) is 25.9. The van der Waals surface area contributed by atoms with Gasteiger partial charge in [-0.25, -0.2) is 0 Å².